The highest BCUT2D eigenvalue weighted by Crippen LogP contribution is 2.34. The summed E-state index contributed by atoms with van der Waals surface area (Å²) in [5.74, 6) is -0.750. The average molecular weight is 537 g/mol. The Morgan fingerprint density at radius 3 is 2.59 bits per heavy atom. The molecule has 0 fully saturated rings. The third-order valence-electron chi connectivity index (χ3n) is 4.46. The molecule has 34 heavy (non-hydrogen) atoms. The van der Waals surface area contributed by atoms with Crippen LogP contribution >= 0.6 is 23.1 Å². The molecule has 2 aromatic rings. The second-order valence-corrected chi connectivity index (χ2v) is 10.9. The van der Waals surface area contributed by atoms with Crippen molar-refractivity contribution in [1.82, 2.24) is 5.32 Å². The SMILES string of the molecule is CCS(=O)(=O)c1cc(-c2ccc(/C(=C/C(=N)C(F)(F)F)NCC(=O)OCSC)s2)ccc1CO. The van der Waals surface area contributed by atoms with E-state index >= 15 is 0 Å². The first kappa shape index (κ1) is 27.9. The Bertz CT molecular complexity index is 1170. The molecule has 2 rings (SSSR count). The molecule has 0 unspecified atom stereocenters. The number of thiophene rings is 1. The number of allylic oxidation sites excluding steroid dienone is 1. The van der Waals surface area contributed by atoms with Gasteiger partial charge >= 0.3 is 12.1 Å². The summed E-state index contributed by atoms with van der Waals surface area (Å²) in [5, 5.41) is 19.4. The van der Waals surface area contributed by atoms with E-state index in [0.717, 1.165) is 11.3 Å². The molecule has 13 heteroatoms. The van der Waals surface area contributed by atoms with Crippen molar-refractivity contribution in [1.29, 1.82) is 5.41 Å². The Kier molecular flexibility index (Phi) is 9.74. The van der Waals surface area contributed by atoms with Gasteiger partial charge in [0, 0.05) is 4.88 Å². The van der Waals surface area contributed by atoms with E-state index in [1.807, 2.05) is 0 Å². The third kappa shape index (κ3) is 7.32. The van der Waals surface area contributed by atoms with Crippen molar-refractivity contribution in [3.63, 3.8) is 0 Å². The number of halogens is 3. The first-order chi connectivity index (χ1) is 15.9. The van der Waals surface area contributed by atoms with E-state index in [1.54, 1.807) is 18.4 Å². The minimum atomic E-state index is -4.88. The van der Waals surface area contributed by atoms with Gasteiger partial charge in [0.2, 0.25) is 0 Å². The number of esters is 1. The molecule has 1 aromatic carbocycles. The molecular weight excluding hydrogens is 513 g/mol. The zero-order chi connectivity index (χ0) is 25.5. The molecule has 0 spiro atoms. The van der Waals surface area contributed by atoms with Gasteiger partial charge in [0.15, 0.2) is 9.84 Å². The summed E-state index contributed by atoms with van der Waals surface area (Å²) in [5.41, 5.74) is -0.976. The Balaban J connectivity index is 2.43. The summed E-state index contributed by atoms with van der Waals surface area (Å²) in [6.45, 7) is 0.608. The molecule has 0 aliphatic carbocycles. The van der Waals surface area contributed by atoms with Crippen molar-refractivity contribution in [2.24, 2.45) is 0 Å². The van der Waals surface area contributed by atoms with E-state index in [2.05, 4.69) is 5.32 Å². The van der Waals surface area contributed by atoms with Crippen LogP contribution < -0.4 is 5.32 Å². The highest BCUT2D eigenvalue weighted by Gasteiger charge is 2.33. The molecule has 7 nitrogen and oxygen atoms in total. The molecule has 0 saturated heterocycles. The van der Waals surface area contributed by atoms with Crippen molar-refractivity contribution < 1.29 is 36.2 Å². The molecule has 0 amide bonds. The highest BCUT2D eigenvalue weighted by molar-refractivity contribution is 7.98. The Morgan fingerprint density at radius 1 is 1.29 bits per heavy atom. The molecule has 0 radical (unpaired) electrons. The third-order valence-corrected chi connectivity index (χ3v) is 7.79. The van der Waals surface area contributed by atoms with Crippen LogP contribution in [0.25, 0.3) is 16.1 Å². The maximum absolute atomic E-state index is 13.0. The van der Waals surface area contributed by atoms with Crippen LogP contribution in [-0.2, 0) is 26.0 Å². The molecule has 0 aliphatic heterocycles. The normalized spacial score (nSPS) is 12.5. The predicted octanol–water partition coefficient (Wildman–Crippen LogP) is 4.08. The summed E-state index contributed by atoms with van der Waals surface area (Å²) >= 11 is 2.31. The summed E-state index contributed by atoms with van der Waals surface area (Å²) in [6, 6.07) is 7.59. The number of carbonyl (C=O) groups is 1. The molecule has 1 aromatic heterocycles. The number of hydrogen-bond acceptors (Lipinski definition) is 9. The van der Waals surface area contributed by atoms with Gasteiger partial charge in [0.25, 0.3) is 0 Å². The maximum Gasteiger partial charge on any atom is 0.432 e. The number of carbonyl (C=O) groups excluding carboxylic acids is 1. The van der Waals surface area contributed by atoms with Gasteiger partial charge in [-0.1, -0.05) is 19.1 Å². The van der Waals surface area contributed by atoms with Crippen LogP contribution in [0.2, 0.25) is 0 Å². The Labute approximate surface area is 203 Å². The van der Waals surface area contributed by atoms with Crippen LogP contribution in [0.1, 0.15) is 17.4 Å². The number of benzene rings is 1. The zero-order valence-electron chi connectivity index (χ0n) is 18.2. The lowest BCUT2D eigenvalue weighted by Crippen LogP contribution is -2.26. The van der Waals surface area contributed by atoms with E-state index in [0.29, 0.717) is 21.4 Å². The Hall–Kier alpha value is -2.35. The summed E-state index contributed by atoms with van der Waals surface area (Å²) in [7, 11) is -3.62. The zero-order valence-corrected chi connectivity index (χ0v) is 20.7. The number of sulfone groups is 1. The monoisotopic (exact) mass is 536 g/mol. The van der Waals surface area contributed by atoms with Crippen molar-refractivity contribution in [2.75, 3.05) is 24.5 Å². The molecule has 0 saturated carbocycles. The second kappa shape index (κ2) is 11.9. The summed E-state index contributed by atoms with van der Waals surface area (Å²) < 4.78 is 68.6. The molecule has 3 N–H and O–H groups in total. The van der Waals surface area contributed by atoms with Crippen molar-refractivity contribution >= 4 is 50.3 Å². The number of aliphatic hydroxyl groups is 1. The molecule has 0 atom stereocenters. The van der Waals surface area contributed by atoms with Crippen LogP contribution in [0.3, 0.4) is 0 Å². The number of nitrogens with one attached hydrogen (secondary N) is 2. The highest BCUT2D eigenvalue weighted by atomic mass is 32.2. The topological polar surface area (TPSA) is 117 Å². The van der Waals surface area contributed by atoms with E-state index < -0.39 is 40.8 Å². The first-order valence-electron chi connectivity index (χ1n) is 9.76. The summed E-state index contributed by atoms with van der Waals surface area (Å²) in [4.78, 5) is 12.6. The van der Waals surface area contributed by atoms with Gasteiger partial charge in [-0.2, -0.15) is 13.2 Å². The van der Waals surface area contributed by atoms with Crippen LogP contribution in [0.15, 0.2) is 41.3 Å². The number of hydrogen-bond donors (Lipinski definition) is 3. The summed E-state index contributed by atoms with van der Waals surface area (Å²) in [6.07, 6.45) is -2.58. The van der Waals surface area contributed by atoms with Gasteiger partial charge in [-0.25, -0.2) is 8.42 Å². The minimum absolute atomic E-state index is 0.0192. The molecule has 1 heterocycles. The fraction of sp³-hybridized carbons (Fsp3) is 0.333. The van der Waals surface area contributed by atoms with Crippen molar-refractivity contribution in [3.05, 3.63) is 46.8 Å². The van der Waals surface area contributed by atoms with E-state index in [9.17, 15) is 31.5 Å². The fourth-order valence-corrected chi connectivity index (χ4v) is 5.09. The molecular formula is C21H23F3N2O5S3. The van der Waals surface area contributed by atoms with Crippen LogP contribution in [-0.4, -0.2) is 55.9 Å². The number of thioether (sulfide) groups is 1. The average Bonchev–Trinajstić information content (AvgIpc) is 3.29. The molecule has 0 bridgehead atoms. The lowest BCUT2D eigenvalue weighted by molar-refractivity contribution is -0.140. The maximum atomic E-state index is 13.0. The predicted molar refractivity (Wildman–Crippen MR) is 128 cm³/mol. The van der Waals surface area contributed by atoms with Crippen molar-refractivity contribution in [3.8, 4) is 10.4 Å². The number of ether oxygens (including phenoxy) is 1. The van der Waals surface area contributed by atoms with Gasteiger partial charge in [-0.15, -0.1) is 23.1 Å². The fourth-order valence-electron chi connectivity index (χ4n) is 2.70. The number of rotatable bonds is 11. The van der Waals surface area contributed by atoms with Gasteiger partial charge in [-0.05, 0) is 41.7 Å². The van der Waals surface area contributed by atoms with Gasteiger partial charge in [0.05, 0.1) is 27.8 Å². The smallest absolute Gasteiger partial charge is 0.432 e. The second-order valence-electron chi connectivity index (χ2n) is 6.79. The van der Waals surface area contributed by atoms with Gasteiger partial charge in [-0.3, -0.25) is 10.2 Å². The minimum Gasteiger partial charge on any atom is -0.453 e. The van der Waals surface area contributed by atoms with Crippen molar-refractivity contribution in [2.45, 2.75) is 24.6 Å². The lowest BCUT2D eigenvalue weighted by atomic mass is 10.1. The van der Waals surface area contributed by atoms with Crippen LogP contribution in [0.4, 0.5) is 13.2 Å². The standard InChI is InChI=1S/C21H23F3N2O5S3/c1-3-34(29,30)18-8-13(4-5-14(18)11-27)16-6-7-17(33-16)15(9-19(25)21(22,23)24)26-10-20(28)31-12-32-2/h4-9,25-27H,3,10-12H2,1-2H3/b15-9-,25-19?. The van der Waals surface area contributed by atoms with Gasteiger partial charge < -0.3 is 15.2 Å². The number of alkyl halides is 3. The quantitative estimate of drug-likeness (QED) is 0.225. The lowest BCUT2D eigenvalue weighted by Gasteiger charge is -2.11. The van der Waals surface area contributed by atoms with E-state index in [-0.39, 0.29) is 27.8 Å². The van der Waals surface area contributed by atoms with E-state index in [4.69, 9.17) is 10.1 Å². The largest absolute Gasteiger partial charge is 0.453 e. The molecule has 186 valence electrons. The van der Waals surface area contributed by atoms with Crippen LogP contribution in [0.5, 0.6) is 0 Å². The Morgan fingerprint density at radius 2 is 2.00 bits per heavy atom. The van der Waals surface area contributed by atoms with E-state index in [1.165, 1.54) is 36.9 Å². The van der Waals surface area contributed by atoms with Crippen LogP contribution in [0, 0.1) is 5.41 Å². The first-order valence-corrected chi connectivity index (χ1v) is 13.6. The number of aliphatic hydroxyl groups excluding tert-OH is 1. The van der Waals surface area contributed by atoms with Gasteiger partial charge in [0.1, 0.15) is 18.2 Å². The molecule has 0 aliphatic rings.